The molecular formula is C14H17IN2. The van der Waals surface area contributed by atoms with Gasteiger partial charge in [0.1, 0.15) is 0 Å². The molecule has 3 saturated carbocycles. The van der Waals surface area contributed by atoms with E-state index in [1.165, 1.54) is 28.5 Å². The Labute approximate surface area is 115 Å². The number of benzene rings is 1. The van der Waals surface area contributed by atoms with Gasteiger partial charge in [-0.2, -0.15) is 0 Å². The second kappa shape index (κ2) is 3.53. The molecule has 0 saturated heterocycles. The zero-order valence-electron chi connectivity index (χ0n) is 9.70. The Bertz CT molecular complexity index is 457. The first kappa shape index (κ1) is 10.5. The van der Waals surface area contributed by atoms with Crippen LogP contribution in [-0.2, 0) is 0 Å². The van der Waals surface area contributed by atoms with Crippen molar-refractivity contribution >= 4 is 34.0 Å². The number of halogens is 1. The van der Waals surface area contributed by atoms with Crippen molar-refractivity contribution in [2.24, 2.45) is 23.7 Å². The Morgan fingerprint density at radius 1 is 1.18 bits per heavy atom. The van der Waals surface area contributed by atoms with E-state index in [2.05, 4.69) is 40.0 Å². The lowest BCUT2D eigenvalue weighted by Gasteiger charge is -2.13. The van der Waals surface area contributed by atoms with Gasteiger partial charge in [-0.3, -0.25) is 0 Å². The maximum Gasteiger partial charge on any atom is 0.0479 e. The monoisotopic (exact) mass is 340 g/mol. The molecular weight excluding hydrogens is 323 g/mol. The van der Waals surface area contributed by atoms with Crippen molar-refractivity contribution in [2.75, 3.05) is 11.1 Å². The fourth-order valence-corrected chi connectivity index (χ4v) is 5.04. The Kier molecular flexibility index (Phi) is 2.17. The predicted molar refractivity (Wildman–Crippen MR) is 78.8 cm³/mol. The van der Waals surface area contributed by atoms with E-state index in [-0.39, 0.29) is 0 Å². The standard InChI is InChI=1S/C14H17IN2/c15-10-6-9(16)3-4-11(10)17-14-12-7-1-2-8(5-7)13(12)14/h3-4,6-8,12-14,17H,1-2,5,16H2. The topological polar surface area (TPSA) is 38.0 Å². The van der Waals surface area contributed by atoms with Crippen LogP contribution < -0.4 is 11.1 Å². The van der Waals surface area contributed by atoms with Crippen LogP contribution in [0.4, 0.5) is 11.4 Å². The van der Waals surface area contributed by atoms with Gasteiger partial charge in [0.2, 0.25) is 0 Å². The summed E-state index contributed by atoms with van der Waals surface area (Å²) in [6, 6.07) is 6.94. The summed E-state index contributed by atoms with van der Waals surface area (Å²) in [6.07, 6.45) is 4.50. The molecule has 2 bridgehead atoms. The highest BCUT2D eigenvalue weighted by Crippen LogP contribution is 2.66. The number of hydrogen-bond donors (Lipinski definition) is 2. The summed E-state index contributed by atoms with van der Waals surface area (Å²) >= 11 is 2.38. The zero-order valence-corrected chi connectivity index (χ0v) is 11.9. The fraction of sp³-hybridized carbons (Fsp3) is 0.571. The summed E-state index contributed by atoms with van der Waals surface area (Å²) in [6.45, 7) is 0. The highest BCUT2D eigenvalue weighted by Gasteiger charge is 2.65. The van der Waals surface area contributed by atoms with Gasteiger partial charge in [-0.05, 0) is 83.7 Å². The maximum absolute atomic E-state index is 5.79. The van der Waals surface area contributed by atoms with Crippen molar-refractivity contribution in [3.05, 3.63) is 21.8 Å². The lowest BCUT2D eigenvalue weighted by molar-refractivity contribution is 0.456. The van der Waals surface area contributed by atoms with Gasteiger partial charge in [0, 0.05) is 21.0 Å². The molecule has 0 aliphatic heterocycles. The molecule has 3 N–H and O–H groups in total. The minimum atomic E-state index is 0.762. The molecule has 4 atom stereocenters. The lowest BCUT2D eigenvalue weighted by Crippen LogP contribution is -2.13. The van der Waals surface area contributed by atoms with Gasteiger partial charge in [-0.25, -0.2) is 0 Å². The van der Waals surface area contributed by atoms with Crippen molar-refractivity contribution in [1.29, 1.82) is 0 Å². The lowest BCUT2D eigenvalue weighted by atomic mass is 10.0. The third-order valence-corrected chi connectivity index (χ3v) is 5.94. The van der Waals surface area contributed by atoms with Gasteiger partial charge in [0.15, 0.2) is 0 Å². The zero-order chi connectivity index (χ0) is 11.6. The number of rotatable bonds is 2. The molecule has 1 aromatic rings. The molecule has 0 spiro atoms. The van der Waals surface area contributed by atoms with E-state index < -0.39 is 0 Å². The predicted octanol–water partition coefficient (Wildman–Crippen LogP) is 3.33. The van der Waals surface area contributed by atoms with E-state index in [0.29, 0.717) is 0 Å². The van der Waals surface area contributed by atoms with Crippen LogP contribution in [0.15, 0.2) is 18.2 Å². The van der Waals surface area contributed by atoms with E-state index >= 15 is 0 Å². The number of hydrogen-bond acceptors (Lipinski definition) is 2. The molecule has 3 aliphatic rings. The maximum atomic E-state index is 5.79. The van der Waals surface area contributed by atoms with E-state index in [0.717, 1.165) is 35.4 Å². The molecule has 0 radical (unpaired) electrons. The Morgan fingerprint density at radius 3 is 2.53 bits per heavy atom. The Balaban J connectivity index is 1.52. The summed E-state index contributed by atoms with van der Waals surface area (Å²) < 4.78 is 1.25. The Hall–Kier alpha value is -0.450. The SMILES string of the molecule is Nc1ccc(NC2C3C4CCC(C4)C23)c(I)c1. The largest absolute Gasteiger partial charge is 0.399 e. The summed E-state index contributed by atoms with van der Waals surface area (Å²) in [7, 11) is 0. The summed E-state index contributed by atoms with van der Waals surface area (Å²) in [5.41, 5.74) is 7.92. The van der Waals surface area contributed by atoms with Crippen LogP contribution in [0.1, 0.15) is 19.3 Å². The average molecular weight is 340 g/mol. The first-order valence-corrected chi connectivity index (χ1v) is 7.63. The van der Waals surface area contributed by atoms with Crippen LogP contribution >= 0.6 is 22.6 Å². The normalized spacial score (nSPS) is 41.4. The molecule has 2 nitrogen and oxygen atoms in total. The van der Waals surface area contributed by atoms with Crippen molar-refractivity contribution in [3.8, 4) is 0 Å². The minimum absolute atomic E-state index is 0.762. The number of nitrogens with one attached hydrogen (secondary N) is 1. The second-order valence-electron chi connectivity index (χ2n) is 5.90. The molecule has 1 aromatic carbocycles. The number of nitrogens with two attached hydrogens (primary N) is 1. The van der Waals surface area contributed by atoms with Gasteiger partial charge in [-0.1, -0.05) is 0 Å². The number of anilines is 2. The summed E-state index contributed by atoms with van der Waals surface area (Å²) in [4.78, 5) is 0. The molecule has 4 unspecified atom stereocenters. The molecule has 3 fully saturated rings. The van der Waals surface area contributed by atoms with Crippen LogP contribution in [0.25, 0.3) is 0 Å². The van der Waals surface area contributed by atoms with Gasteiger partial charge >= 0.3 is 0 Å². The second-order valence-corrected chi connectivity index (χ2v) is 7.06. The van der Waals surface area contributed by atoms with Gasteiger partial charge in [0.25, 0.3) is 0 Å². The van der Waals surface area contributed by atoms with Crippen molar-refractivity contribution in [2.45, 2.75) is 25.3 Å². The molecule has 3 aliphatic carbocycles. The first-order chi connectivity index (χ1) is 8.24. The molecule has 90 valence electrons. The molecule has 17 heavy (non-hydrogen) atoms. The van der Waals surface area contributed by atoms with Gasteiger partial charge in [-0.15, -0.1) is 0 Å². The minimum Gasteiger partial charge on any atom is -0.399 e. The first-order valence-electron chi connectivity index (χ1n) is 6.55. The van der Waals surface area contributed by atoms with Gasteiger partial charge in [0.05, 0.1) is 0 Å². The van der Waals surface area contributed by atoms with Crippen LogP contribution in [0.2, 0.25) is 0 Å². The van der Waals surface area contributed by atoms with Crippen LogP contribution in [0, 0.1) is 27.2 Å². The summed E-state index contributed by atoms with van der Waals surface area (Å²) in [5, 5.41) is 3.75. The third kappa shape index (κ3) is 1.51. The van der Waals surface area contributed by atoms with Crippen molar-refractivity contribution in [3.63, 3.8) is 0 Å². The number of nitrogen functional groups attached to an aromatic ring is 1. The smallest absolute Gasteiger partial charge is 0.0479 e. The van der Waals surface area contributed by atoms with E-state index in [4.69, 9.17) is 5.73 Å². The van der Waals surface area contributed by atoms with Gasteiger partial charge < -0.3 is 11.1 Å². The quantitative estimate of drug-likeness (QED) is 0.640. The van der Waals surface area contributed by atoms with Crippen LogP contribution in [0.3, 0.4) is 0 Å². The van der Waals surface area contributed by atoms with E-state index in [9.17, 15) is 0 Å². The number of fused-ring (bicyclic) bond motifs is 5. The van der Waals surface area contributed by atoms with Crippen molar-refractivity contribution in [1.82, 2.24) is 0 Å². The molecule has 3 heteroatoms. The molecule has 0 heterocycles. The van der Waals surface area contributed by atoms with Crippen LogP contribution in [-0.4, -0.2) is 6.04 Å². The highest BCUT2D eigenvalue weighted by atomic mass is 127. The van der Waals surface area contributed by atoms with Crippen LogP contribution in [0.5, 0.6) is 0 Å². The highest BCUT2D eigenvalue weighted by molar-refractivity contribution is 14.1. The molecule has 4 rings (SSSR count). The Morgan fingerprint density at radius 2 is 1.88 bits per heavy atom. The van der Waals surface area contributed by atoms with Crippen molar-refractivity contribution < 1.29 is 0 Å². The molecule has 0 amide bonds. The molecule has 0 aromatic heterocycles. The third-order valence-electron chi connectivity index (χ3n) is 5.05. The average Bonchev–Trinajstić information content (AvgIpc) is 2.70. The van der Waals surface area contributed by atoms with E-state index in [1.54, 1.807) is 0 Å². The van der Waals surface area contributed by atoms with E-state index in [1.807, 2.05) is 6.07 Å². The summed E-state index contributed by atoms with van der Waals surface area (Å²) in [5.74, 6) is 4.05. The fourth-order valence-electron chi connectivity index (χ4n) is 4.35.